The molecule has 128 valence electrons. The molecule has 1 fully saturated rings. The first-order chi connectivity index (χ1) is 11.2. The van der Waals surface area contributed by atoms with Gasteiger partial charge in [-0.25, -0.2) is 0 Å². The molecule has 0 spiro atoms. The Hall–Kier alpha value is -1.42. The maximum absolute atomic E-state index is 6.39. The molecule has 0 aliphatic carbocycles. The number of piperidine rings is 1. The van der Waals surface area contributed by atoms with Gasteiger partial charge < -0.3 is 20.3 Å². The van der Waals surface area contributed by atoms with Gasteiger partial charge in [0.05, 0.1) is 12.2 Å². The normalized spacial score (nSPS) is 20.9. The molecule has 2 aliphatic heterocycles. The molecule has 1 saturated heterocycles. The SMILES string of the molecule is CCC1(CC)CN(CCN2CCCCC2)c2ccc(N)cc2O1. The second-order valence-electron chi connectivity index (χ2n) is 7.04. The zero-order valence-electron chi connectivity index (χ0n) is 14.7. The first-order valence-electron chi connectivity index (χ1n) is 9.21. The van der Waals surface area contributed by atoms with E-state index in [2.05, 4.69) is 29.7 Å². The highest BCUT2D eigenvalue weighted by molar-refractivity contribution is 5.65. The van der Waals surface area contributed by atoms with Crippen LogP contribution in [0.4, 0.5) is 11.4 Å². The van der Waals surface area contributed by atoms with Gasteiger partial charge in [0, 0.05) is 24.8 Å². The molecule has 4 heteroatoms. The van der Waals surface area contributed by atoms with Crippen molar-refractivity contribution in [3.63, 3.8) is 0 Å². The lowest BCUT2D eigenvalue weighted by atomic mass is 9.94. The van der Waals surface area contributed by atoms with Crippen LogP contribution in [0, 0.1) is 0 Å². The van der Waals surface area contributed by atoms with Gasteiger partial charge >= 0.3 is 0 Å². The summed E-state index contributed by atoms with van der Waals surface area (Å²) in [6.07, 6.45) is 6.15. The number of ether oxygens (including phenoxy) is 1. The van der Waals surface area contributed by atoms with E-state index in [1.165, 1.54) is 38.0 Å². The highest BCUT2D eigenvalue weighted by Gasteiger charge is 2.37. The molecule has 1 aromatic rings. The Morgan fingerprint density at radius 3 is 2.52 bits per heavy atom. The average Bonchev–Trinajstić information content (AvgIpc) is 2.60. The predicted molar refractivity (Wildman–Crippen MR) is 97.3 cm³/mol. The molecule has 0 unspecified atom stereocenters. The number of hydrogen-bond donors (Lipinski definition) is 1. The Morgan fingerprint density at radius 2 is 1.83 bits per heavy atom. The van der Waals surface area contributed by atoms with Gasteiger partial charge in [-0.05, 0) is 50.9 Å². The van der Waals surface area contributed by atoms with Crippen LogP contribution in [0.25, 0.3) is 0 Å². The van der Waals surface area contributed by atoms with Crippen molar-refractivity contribution in [2.24, 2.45) is 0 Å². The van der Waals surface area contributed by atoms with Gasteiger partial charge in [0.15, 0.2) is 0 Å². The van der Waals surface area contributed by atoms with Crippen molar-refractivity contribution in [2.45, 2.75) is 51.6 Å². The molecule has 0 amide bonds. The van der Waals surface area contributed by atoms with Crippen LogP contribution >= 0.6 is 0 Å². The Kier molecular flexibility index (Phi) is 5.00. The fraction of sp³-hybridized carbons (Fsp3) is 0.684. The van der Waals surface area contributed by atoms with Crippen molar-refractivity contribution in [1.29, 1.82) is 0 Å². The minimum absolute atomic E-state index is 0.0807. The van der Waals surface area contributed by atoms with Crippen LogP contribution in [-0.4, -0.2) is 43.2 Å². The number of hydrogen-bond acceptors (Lipinski definition) is 4. The average molecular weight is 317 g/mol. The second kappa shape index (κ2) is 7.00. The lowest BCUT2D eigenvalue weighted by Gasteiger charge is -2.45. The summed E-state index contributed by atoms with van der Waals surface area (Å²) >= 11 is 0. The lowest BCUT2D eigenvalue weighted by Crippen LogP contribution is -2.52. The number of nitrogens with two attached hydrogens (primary N) is 1. The number of likely N-dealkylation sites (tertiary alicyclic amines) is 1. The van der Waals surface area contributed by atoms with E-state index in [0.29, 0.717) is 0 Å². The lowest BCUT2D eigenvalue weighted by molar-refractivity contribution is 0.0567. The topological polar surface area (TPSA) is 41.7 Å². The molecule has 0 bridgehead atoms. The van der Waals surface area contributed by atoms with E-state index in [1.807, 2.05) is 12.1 Å². The first kappa shape index (κ1) is 16.4. The number of nitrogens with zero attached hydrogens (tertiary/aromatic N) is 2. The summed E-state index contributed by atoms with van der Waals surface area (Å²) in [6, 6.07) is 6.10. The molecule has 0 saturated carbocycles. The number of benzene rings is 1. The van der Waals surface area contributed by atoms with Crippen LogP contribution in [0.5, 0.6) is 5.75 Å². The van der Waals surface area contributed by atoms with E-state index in [0.717, 1.165) is 43.9 Å². The van der Waals surface area contributed by atoms with Crippen molar-refractivity contribution in [3.8, 4) is 5.75 Å². The summed E-state index contributed by atoms with van der Waals surface area (Å²) in [5.74, 6) is 0.957. The maximum atomic E-state index is 6.39. The van der Waals surface area contributed by atoms with Crippen molar-refractivity contribution < 1.29 is 4.74 Å². The zero-order valence-corrected chi connectivity index (χ0v) is 14.7. The molecular formula is C19H31N3O. The van der Waals surface area contributed by atoms with Crippen LogP contribution in [0.15, 0.2) is 18.2 Å². The van der Waals surface area contributed by atoms with Crippen molar-refractivity contribution in [3.05, 3.63) is 18.2 Å². The van der Waals surface area contributed by atoms with Gasteiger partial charge in [0.2, 0.25) is 0 Å². The smallest absolute Gasteiger partial charge is 0.145 e. The van der Waals surface area contributed by atoms with E-state index < -0.39 is 0 Å². The van der Waals surface area contributed by atoms with Crippen LogP contribution in [-0.2, 0) is 0 Å². The molecule has 0 atom stereocenters. The van der Waals surface area contributed by atoms with Crippen LogP contribution in [0.2, 0.25) is 0 Å². The number of rotatable bonds is 5. The summed E-state index contributed by atoms with van der Waals surface area (Å²) in [7, 11) is 0. The molecule has 23 heavy (non-hydrogen) atoms. The van der Waals surface area contributed by atoms with Crippen LogP contribution in [0.1, 0.15) is 46.0 Å². The van der Waals surface area contributed by atoms with E-state index in [-0.39, 0.29) is 5.60 Å². The Morgan fingerprint density at radius 1 is 1.09 bits per heavy atom. The van der Waals surface area contributed by atoms with Gasteiger partial charge in [-0.2, -0.15) is 0 Å². The van der Waals surface area contributed by atoms with Crippen LogP contribution < -0.4 is 15.4 Å². The highest BCUT2D eigenvalue weighted by Crippen LogP contribution is 2.40. The summed E-state index contributed by atoms with van der Waals surface area (Å²) in [5, 5.41) is 0. The molecule has 2 aliphatic rings. The molecular weight excluding hydrogens is 286 g/mol. The van der Waals surface area contributed by atoms with Gasteiger partial charge in [-0.1, -0.05) is 20.3 Å². The monoisotopic (exact) mass is 317 g/mol. The van der Waals surface area contributed by atoms with E-state index in [4.69, 9.17) is 10.5 Å². The molecule has 2 N–H and O–H groups in total. The third kappa shape index (κ3) is 3.57. The first-order valence-corrected chi connectivity index (χ1v) is 9.21. The zero-order chi connectivity index (χ0) is 16.3. The predicted octanol–water partition coefficient (Wildman–Crippen LogP) is 3.51. The number of nitrogen functional groups attached to an aromatic ring is 1. The van der Waals surface area contributed by atoms with Gasteiger partial charge in [-0.3, -0.25) is 0 Å². The third-order valence-corrected chi connectivity index (χ3v) is 5.55. The van der Waals surface area contributed by atoms with E-state index in [1.54, 1.807) is 0 Å². The summed E-state index contributed by atoms with van der Waals surface area (Å²) in [4.78, 5) is 5.12. The van der Waals surface area contributed by atoms with Gasteiger partial charge in [0.1, 0.15) is 11.4 Å². The Bertz CT molecular complexity index is 521. The quantitative estimate of drug-likeness (QED) is 0.844. The molecule has 0 aromatic heterocycles. The van der Waals surface area contributed by atoms with Crippen molar-refractivity contribution in [2.75, 3.05) is 43.4 Å². The number of fused-ring (bicyclic) bond motifs is 1. The number of anilines is 2. The minimum Gasteiger partial charge on any atom is -0.483 e. The standard InChI is InChI=1S/C19H31N3O/c1-3-19(4-2)15-22(13-12-21-10-6-5-7-11-21)17-9-8-16(20)14-18(17)23-19/h8-9,14H,3-7,10-13,15,20H2,1-2H3. The fourth-order valence-electron chi connectivity index (χ4n) is 3.83. The summed E-state index contributed by atoms with van der Waals surface area (Å²) < 4.78 is 6.39. The molecule has 2 heterocycles. The minimum atomic E-state index is -0.0807. The molecule has 1 aromatic carbocycles. The van der Waals surface area contributed by atoms with Crippen molar-refractivity contribution in [1.82, 2.24) is 4.90 Å². The second-order valence-corrected chi connectivity index (χ2v) is 7.04. The maximum Gasteiger partial charge on any atom is 0.145 e. The van der Waals surface area contributed by atoms with Gasteiger partial charge in [0.25, 0.3) is 0 Å². The summed E-state index contributed by atoms with van der Waals surface area (Å²) in [6.45, 7) is 10.2. The fourth-order valence-corrected chi connectivity index (χ4v) is 3.83. The Balaban J connectivity index is 1.77. The van der Waals surface area contributed by atoms with Crippen LogP contribution in [0.3, 0.4) is 0 Å². The highest BCUT2D eigenvalue weighted by atomic mass is 16.5. The molecule has 3 rings (SSSR count). The van der Waals surface area contributed by atoms with Crippen molar-refractivity contribution >= 4 is 11.4 Å². The van der Waals surface area contributed by atoms with Gasteiger partial charge in [-0.15, -0.1) is 0 Å². The third-order valence-electron chi connectivity index (χ3n) is 5.55. The largest absolute Gasteiger partial charge is 0.483 e. The van der Waals surface area contributed by atoms with E-state index >= 15 is 0 Å². The molecule has 4 nitrogen and oxygen atoms in total. The molecule has 0 radical (unpaired) electrons. The Labute approximate surface area is 140 Å². The summed E-state index contributed by atoms with van der Waals surface area (Å²) in [5.41, 5.74) is 7.89. The van der Waals surface area contributed by atoms with E-state index in [9.17, 15) is 0 Å².